The molecule has 108 valence electrons. The molecule has 0 heterocycles. The van der Waals surface area contributed by atoms with Crippen LogP contribution >= 0.6 is 0 Å². The van der Waals surface area contributed by atoms with E-state index in [0.29, 0.717) is 18.0 Å². The molecule has 0 aliphatic rings. The van der Waals surface area contributed by atoms with Gasteiger partial charge in [0.25, 0.3) is 0 Å². The molecule has 0 aliphatic carbocycles. The van der Waals surface area contributed by atoms with E-state index in [0.717, 1.165) is 12.0 Å². The average Bonchev–Trinajstić information content (AvgIpc) is 2.45. The summed E-state index contributed by atoms with van der Waals surface area (Å²) in [6.45, 7) is 4.59. The molecule has 19 heavy (non-hydrogen) atoms. The van der Waals surface area contributed by atoms with Gasteiger partial charge in [-0.05, 0) is 31.0 Å². The summed E-state index contributed by atoms with van der Waals surface area (Å²) >= 11 is 0. The SMILES string of the molecule is CCC(C)(CO)NCc1cc(OC)c(O)c(OC)c1. The Morgan fingerprint density at radius 2 is 1.74 bits per heavy atom. The van der Waals surface area contributed by atoms with Crippen molar-refractivity contribution in [3.8, 4) is 17.2 Å². The van der Waals surface area contributed by atoms with Gasteiger partial charge in [0.1, 0.15) is 0 Å². The molecule has 5 nitrogen and oxygen atoms in total. The summed E-state index contributed by atoms with van der Waals surface area (Å²) < 4.78 is 10.2. The normalized spacial score (nSPS) is 13.9. The number of phenols is 1. The van der Waals surface area contributed by atoms with Crippen molar-refractivity contribution in [3.05, 3.63) is 17.7 Å². The van der Waals surface area contributed by atoms with E-state index in [-0.39, 0.29) is 17.9 Å². The summed E-state index contributed by atoms with van der Waals surface area (Å²) in [4.78, 5) is 0. The Hall–Kier alpha value is -1.46. The standard InChI is InChI=1S/C14H23NO4/c1-5-14(2,9-16)15-8-10-6-11(18-3)13(17)12(7-10)19-4/h6-7,15-17H,5,8-9H2,1-4H3. The smallest absolute Gasteiger partial charge is 0.200 e. The molecule has 0 bridgehead atoms. The minimum atomic E-state index is -0.321. The summed E-state index contributed by atoms with van der Waals surface area (Å²) in [5, 5.41) is 22.5. The first-order valence-electron chi connectivity index (χ1n) is 6.29. The quantitative estimate of drug-likeness (QED) is 0.702. The first kappa shape index (κ1) is 15.6. The number of phenolic OH excluding ortho intramolecular Hbond substituents is 1. The van der Waals surface area contributed by atoms with Crippen LogP contribution in [0.15, 0.2) is 12.1 Å². The molecule has 0 aliphatic heterocycles. The van der Waals surface area contributed by atoms with E-state index in [1.165, 1.54) is 14.2 Å². The van der Waals surface area contributed by atoms with Gasteiger partial charge in [-0.3, -0.25) is 0 Å². The van der Waals surface area contributed by atoms with E-state index in [9.17, 15) is 10.2 Å². The molecule has 0 saturated carbocycles. The third kappa shape index (κ3) is 3.75. The predicted molar refractivity (Wildman–Crippen MR) is 73.8 cm³/mol. The molecule has 1 aromatic rings. The van der Waals surface area contributed by atoms with Gasteiger partial charge in [0.15, 0.2) is 11.5 Å². The highest BCUT2D eigenvalue weighted by Crippen LogP contribution is 2.37. The van der Waals surface area contributed by atoms with Crippen molar-refractivity contribution < 1.29 is 19.7 Å². The third-order valence-electron chi connectivity index (χ3n) is 3.39. The monoisotopic (exact) mass is 269 g/mol. The Labute approximate surface area is 114 Å². The van der Waals surface area contributed by atoms with Crippen LogP contribution in [0.2, 0.25) is 0 Å². The fourth-order valence-corrected chi connectivity index (χ4v) is 1.66. The van der Waals surface area contributed by atoms with Gasteiger partial charge in [0.2, 0.25) is 5.75 Å². The van der Waals surface area contributed by atoms with E-state index >= 15 is 0 Å². The summed E-state index contributed by atoms with van der Waals surface area (Å²) in [5.41, 5.74) is 0.595. The van der Waals surface area contributed by atoms with Crippen LogP contribution in [0.5, 0.6) is 17.2 Å². The number of hydrogen-bond acceptors (Lipinski definition) is 5. The van der Waals surface area contributed by atoms with E-state index < -0.39 is 0 Å². The van der Waals surface area contributed by atoms with E-state index in [4.69, 9.17) is 9.47 Å². The second-order valence-electron chi connectivity index (χ2n) is 4.77. The number of aromatic hydroxyl groups is 1. The second-order valence-corrected chi connectivity index (χ2v) is 4.77. The van der Waals surface area contributed by atoms with E-state index in [1.807, 2.05) is 13.8 Å². The first-order chi connectivity index (χ1) is 8.99. The van der Waals surface area contributed by atoms with Gasteiger partial charge in [-0.15, -0.1) is 0 Å². The summed E-state index contributed by atoms with van der Waals surface area (Å²) in [5.74, 6) is 0.742. The fraction of sp³-hybridized carbons (Fsp3) is 0.571. The van der Waals surface area contributed by atoms with Crippen molar-refractivity contribution in [2.24, 2.45) is 0 Å². The number of hydrogen-bond donors (Lipinski definition) is 3. The lowest BCUT2D eigenvalue weighted by Gasteiger charge is -2.27. The van der Waals surface area contributed by atoms with Gasteiger partial charge in [-0.2, -0.15) is 0 Å². The largest absolute Gasteiger partial charge is 0.502 e. The third-order valence-corrected chi connectivity index (χ3v) is 3.39. The molecule has 1 aromatic carbocycles. The van der Waals surface area contributed by atoms with Crippen molar-refractivity contribution in [1.29, 1.82) is 0 Å². The molecule has 0 saturated heterocycles. The Morgan fingerprint density at radius 3 is 2.11 bits per heavy atom. The molecule has 0 amide bonds. The van der Waals surface area contributed by atoms with Gasteiger partial charge in [0.05, 0.1) is 20.8 Å². The molecule has 0 radical (unpaired) electrons. The molecule has 0 aromatic heterocycles. The zero-order valence-corrected chi connectivity index (χ0v) is 12.0. The van der Waals surface area contributed by atoms with Crippen molar-refractivity contribution in [1.82, 2.24) is 5.32 Å². The lowest BCUT2D eigenvalue weighted by atomic mass is 10.00. The molecular weight excluding hydrogens is 246 g/mol. The first-order valence-corrected chi connectivity index (χ1v) is 6.29. The molecule has 1 rings (SSSR count). The van der Waals surface area contributed by atoms with Crippen LogP contribution in [0.1, 0.15) is 25.8 Å². The van der Waals surface area contributed by atoms with Crippen LogP contribution in [0.3, 0.4) is 0 Å². The number of aliphatic hydroxyl groups excluding tert-OH is 1. The molecule has 5 heteroatoms. The molecule has 0 spiro atoms. The molecular formula is C14H23NO4. The maximum atomic E-state index is 9.82. The number of ether oxygens (including phenoxy) is 2. The van der Waals surface area contributed by atoms with Gasteiger partial charge >= 0.3 is 0 Å². The maximum Gasteiger partial charge on any atom is 0.200 e. The Kier molecular flexibility index (Phi) is 5.44. The Balaban J connectivity index is 2.90. The zero-order valence-electron chi connectivity index (χ0n) is 12.0. The van der Waals surface area contributed by atoms with Gasteiger partial charge < -0.3 is 25.0 Å². The van der Waals surface area contributed by atoms with Gasteiger partial charge in [-0.25, -0.2) is 0 Å². The summed E-state index contributed by atoms with van der Waals surface area (Å²) in [6.07, 6.45) is 0.815. The predicted octanol–water partition coefficient (Wildman–Crippen LogP) is 1.66. The van der Waals surface area contributed by atoms with Crippen LogP contribution in [0, 0.1) is 0 Å². The van der Waals surface area contributed by atoms with Crippen LogP contribution in [0.25, 0.3) is 0 Å². The van der Waals surface area contributed by atoms with Crippen molar-refractivity contribution in [3.63, 3.8) is 0 Å². The van der Waals surface area contributed by atoms with Crippen molar-refractivity contribution in [2.75, 3.05) is 20.8 Å². The molecule has 0 fully saturated rings. The van der Waals surface area contributed by atoms with Crippen LogP contribution in [0.4, 0.5) is 0 Å². The number of benzene rings is 1. The highest BCUT2D eigenvalue weighted by molar-refractivity contribution is 5.52. The maximum absolute atomic E-state index is 9.82. The van der Waals surface area contributed by atoms with Gasteiger partial charge in [-0.1, -0.05) is 6.92 Å². The minimum Gasteiger partial charge on any atom is -0.502 e. The number of nitrogens with one attached hydrogen (secondary N) is 1. The Bertz CT molecular complexity index is 391. The summed E-state index contributed by atoms with van der Waals surface area (Å²) in [7, 11) is 2.99. The average molecular weight is 269 g/mol. The van der Waals surface area contributed by atoms with Gasteiger partial charge in [0, 0.05) is 12.1 Å². The Morgan fingerprint density at radius 1 is 1.21 bits per heavy atom. The van der Waals surface area contributed by atoms with Crippen LogP contribution < -0.4 is 14.8 Å². The highest BCUT2D eigenvalue weighted by Gasteiger charge is 2.20. The van der Waals surface area contributed by atoms with Crippen molar-refractivity contribution in [2.45, 2.75) is 32.4 Å². The number of aliphatic hydroxyl groups is 1. The summed E-state index contributed by atoms with van der Waals surface area (Å²) in [6, 6.07) is 3.50. The minimum absolute atomic E-state index is 0.00541. The lowest BCUT2D eigenvalue weighted by Crippen LogP contribution is -2.44. The number of rotatable bonds is 7. The molecule has 1 atom stereocenters. The number of methoxy groups -OCH3 is 2. The van der Waals surface area contributed by atoms with Crippen molar-refractivity contribution >= 4 is 0 Å². The zero-order chi connectivity index (χ0) is 14.5. The highest BCUT2D eigenvalue weighted by atomic mass is 16.5. The van der Waals surface area contributed by atoms with E-state index in [1.54, 1.807) is 12.1 Å². The fourth-order valence-electron chi connectivity index (χ4n) is 1.66. The van der Waals surface area contributed by atoms with Crippen LogP contribution in [-0.4, -0.2) is 36.6 Å². The van der Waals surface area contributed by atoms with Crippen LogP contribution in [-0.2, 0) is 6.54 Å². The van der Waals surface area contributed by atoms with E-state index in [2.05, 4.69) is 5.32 Å². The topological polar surface area (TPSA) is 71.0 Å². The molecule has 1 unspecified atom stereocenters. The second kappa shape index (κ2) is 6.63. The lowest BCUT2D eigenvalue weighted by molar-refractivity contribution is 0.169. The molecule has 3 N–H and O–H groups in total.